The molecule has 0 radical (unpaired) electrons. The zero-order chi connectivity index (χ0) is 20.0. The van der Waals surface area contributed by atoms with Crippen LogP contribution in [0.3, 0.4) is 0 Å². The minimum Gasteiger partial charge on any atom is -0.268 e. The lowest BCUT2D eigenvalue weighted by Gasteiger charge is -2.14. The molecule has 1 amide bonds. The lowest BCUT2D eigenvalue weighted by atomic mass is 9.96. The van der Waals surface area contributed by atoms with Gasteiger partial charge in [-0.1, -0.05) is 78.6 Å². The first-order chi connectivity index (χ1) is 14.1. The molecule has 1 aliphatic heterocycles. The first kappa shape index (κ1) is 18.0. The second kappa shape index (κ2) is 7.10. The Bertz CT molecular complexity index is 1290. The van der Waals surface area contributed by atoms with Crippen molar-refractivity contribution >= 4 is 67.5 Å². The molecule has 5 rings (SSSR count). The highest BCUT2D eigenvalue weighted by Gasteiger charge is 2.33. The van der Waals surface area contributed by atoms with Crippen LogP contribution in [0, 0.1) is 5.82 Å². The number of amides is 1. The molecule has 5 heteroatoms. The highest BCUT2D eigenvalue weighted by Crippen LogP contribution is 2.38. The van der Waals surface area contributed by atoms with Gasteiger partial charge < -0.3 is 0 Å². The normalized spacial score (nSPS) is 15.8. The van der Waals surface area contributed by atoms with Crippen molar-refractivity contribution in [1.29, 1.82) is 0 Å². The molecule has 0 saturated carbocycles. The molecular formula is C24H14FNOS2. The third-order valence-electron chi connectivity index (χ3n) is 4.95. The molecule has 140 valence electrons. The minimum absolute atomic E-state index is 0.234. The Hall–Kier alpha value is -3.02. The van der Waals surface area contributed by atoms with Crippen LogP contribution in [0.2, 0.25) is 0 Å². The van der Waals surface area contributed by atoms with E-state index in [1.54, 1.807) is 12.1 Å². The number of halogens is 1. The topological polar surface area (TPSA) is 20.3 Å². The van der Waals surface area contributed by atoms with Crippen molar-refractivity contribution in [1.82, 2.24) is 0 Å². The fraction of sp³-hybridized carbons (Fsp3) is 0. The summed E-state index contributed by atoms with van der Waals surface area (Å²) >= 11 is 6.67. The Balaban J connectivity index is 1.68. The van der Waals surface area contributed by atoms with Gasteiger partial charge in [0, 0.05) is 0 Å². The van der Waals surface area contributed by atoms with E-state index in [1.807, 2.05) is 30.3 Å². The molecule has 4 aromatic rings. The maximum atomic E-state index is 13.7. The SMILES string of the molecule is O=C1C(=Cc2c3ccccc3cc3ccccc23)SC(=S)N1c1cccc(F)c1. The molecule has 1 heterocycles. The summed E-state index contributed by atoms with van der Waals surface area (Å²) < 4.78 is 14.1. The Labute approximate surface area is 176 Å². The van der Waals surface area contributed by atoms with Gasteiger partial charge in [0.1, 0.15) is 5.82 Å². The molecule has 0 aliphatic carbocycles. The molecule has 29 heavy (non-hydrogen) atoms. The summed E-state index contributed by atoms with van der Waals surface area (Å²) in [4.78, 5) is 15.1. The lowest BCUT2D eigenvalue weighted by molar-refractivity contribution is -0.113. The molecule has 4 aromatic carbocycles. The number of fused-ring (bicyclic) bond motifs is 2. The molecule has 0 N–H and O–H groups in total. The quantitative estimate of drug-likeness (QED) is 0.211. The number of hydrogen-bond acceptors (Lipinski definition) is 3. The van der Waals surface area contributed by atoms with Crippen LogP contribution in [0.4, 0.5) is 10.1 Å². The van der Waals surface area contributed by atoms with Crippen LogP contribution >= 0.6 is 24.0 Å². The fourth-order valence-electron chi connectivity index (χ4n) is 3.64. The van der Waals surface area contributed by atoms with E-state index < -0.39 is 5.82 Å². The van der Waals surface area contributed by atoms with E-state index in [2.05, 4.69) is 30.3 Å². The van der Waals surface area contributed by atoms with Crippen molar-refractivity contribution in [3.8, 4) is 0 Å². The van der Waals surface area contributed by atoms with Gasteiger partial charge in [0.25, 0.3) is 5.91 Å². The molecule has 0 bridgehead atoms. The molecular weight excluding hydrogens is 401 g/mol. The molecule has 2 nitrogen and oxygen atoms in total. The van der Waals surface area contributed by atoms with Crippen LogP contribution < -0.4 is 4.90 Å². The maximum Gasteiger partial charge on any atom is 0.270 e. The minimum atomic E-state index is -0.402. The van der Waals surface area contributed by atoms with Gasteiger partial charge in [0.2, 0.25) is 0 Å². The Morgan fingerprint density at radius 3 is 2.17 bits per heavy atom. The standard InChI is InChI=1S/C24H14FNOS2/c25-17-8-5-9-18(13-17)26-23(27)22(29-24(26)28)14-21-19-10-3-1-6-15(19)12-16-7-2-4-11-20(16)21/h1-14H. The predicted molar refractivity (Wildman–Crippen MR) is 124 cm³/mol. The zero-order valence-corrected chi connectivity index (χ0v) is 16.8. The van der Waals surface area contributed by atoms with Crippen molar-refractivity contribution in [3.63, 3.8) is 0 Å². The van der Waals surface area contributed by atoms with E-state index in [-0.39, 0.29) is 5.91 Å². The summed E-state index contributed by atoms with van der Waals surface area (Å²) in [5, 5.41) is 4.36. The second-order valence-electron chi connectivity index (χ2n) is 6.73. The summed E-state index contributed by atoms with van der Waals surface area (Å²) in [6.45, 7) is 0. The summed E-state index contributed by atoms with van der Waals surface area (Å²) in [7, 11) is 0. The first-order valence-electron chi connectivity index (χ1n) is 9.06. The van der Waals surface area contributed by atoms with Crippen LogP contribution in [0.5, 0.6) is 0 Å². The van der Waals surface area contributed by atoms with Crippen molar-refractivity contribution < 1.29 is 9.18 Å². The van der Waals surface area contributed by atoms with E-state index in [9.17, 15) is 9.18 Å². The number of benzene rings is 4. The van der Waals surface area contributed by atoms with Crippen LogP contribution in [0.1, 0.15) is 5.56 Å². The van der Waals surface area contributed by atoms with E-state index in [4.69, 9.17) is 12.2 Å². The molecule has 1 fully saturated rings. The molecule has 0 unspecified atom stereocenters. The number of nitrogens with zero attached hydrogens (tertiary/aromatic N) is 1. The maximum absolute atomic E-state index is 13.7. The van der Waals surface area contributed by atoms with E-state index in [1.165, 1.54) is 28.8 Å². The Morgan fingerprint density at radius 1 is 0.862 bits per heavy atom. The van der Waals surface area contributed by atoms with Gasteiger partial charge in [-0.25, -0.2) is 4.39 Å². The summed E-state index contributed by atoms with van der Waals surface area (Å²) in [5.41, 5.74) is 1.43. The average Bonchev–Trinajstić information content (AvgIpc) is 3.01. The molecule has 1 saturated heterocycles. The largest absolute Gasteiger partial charge is 0.270 e. The Morgan fingerprint density at radius 2 is 1.52 bits per heavy atom. The number of carbonyl (C=O) groups is 1. The molecule has 1 aliphatic rings. The van der Waals surface area contributed by atoms with Crippen molar-refractivity contribution in [2.24, 2.45) is 0 Å². The third kappa shape index (κ3) is 3.12. The average molecular weight is 416 g/mol. The van der Waals surface area contributed by atoms with Crippen molar-refractivity contribution in [3.05, 3.63) is 95.1 Å². The smallest absolute Gasteiger partial charge is 0.268 e. The van der Waals surface area contributed by atoms with Crippen LogP contribution in [0.15, 0.2) is 83.8 Å². The van der Waals surface area contributed by atoms with E-state index >= 15 is 0 Å². The predicted octanol–water partition coefficient (Wildman–Crippen LogP) is 6.54. The second-order valence-corrected chi connectivity index (χ2v) is 8.41. The van der Waals surface area contributed by atoms with E-state index in [0.29, 0.717) is 14.9 Å². The number of carbonyl (C=O) groups excluding carboxylic acids is 1. The van der Waals surface area contributed by atoms with E-state index in [0.717, 1.165) is 27.1 Å². The van der Waals surface area contributed by atoms with Gasteiger partial charge in [-0.2, -0.15) is 0 Å². The van der Waals surface area contributed by atoms with Gasteiger partial charge in [-0.15, -0.1) is 0 Å². The number of hydrogen-bond donors (Lipinski definition) is 0. The van der Waals surface area contributed by atoms with Crippen molar-refractivity contribution in [2.75, 3.05) is 4.90 Å². The Kier molecular flexibility index (Phi) is 4.42. The van der Waals surface area contributed by atoms with Crippen LogP contribution in [-0.4, -0.2) is 10.2 Å². The van der Waals surface area contributed by atoms with Gasteiger partial charge in [-0.3, -0.25) is 9.69 Å². The lowest BCUT2D eigenvalue weighted by Crippen LogP contribution is -2.27. The zero-order valence-electron chi connectivity index (χ0n) is 15.1. The fourth-order valence-corrected chi connectivity index (χ4v) is 4.92. The van der Waals surface area contributed by atoms with Gasteiger partial charge in [0.15, 0.2) is 4.32 Å². The van der Waals surface area contributed by atoms with Gasteiger partial charge in [-0.05, 0) is 57.4 Å². The summed E-state index contributed by atoms with van der Waals surface area (Å²) in [5.74, 6) is -0.636. The first-order valence-corrected chi connectivity index (χ1v) is 10.3. The van der Waals surface area contributed by atoms with Crippen LogP contribution in [-0.2, 0) is 4.79 Å². The van der Waals surface area contributed by atoms with Crippen molar-refractivity contribution in [2.45, 2.75) is 0 Å². The monoisotopic (exact) mass is 415 g/mol. The van der Waals surface area contributed by atoms with Crippen LogP contribution in [0.25, 0.3) is 27.6 Å². The van der Waals surface area contributed by atoms with Gasteiger partial charge in [0.05, 0.1) is 10.6 Å². The molecule has 0 atom stereocenters. The molecule has 0 spiro atoms. The third-order valence-corrected chi connectivity index (χ3v) is 6.25. The summed E-state index contributed by atoms with van der Waals surface area (Å²) in [6.07, 6.45) is 1.91. The number of thiocarbonyl (C=S) groups is 1. The highest BCUT2D eigenvalue weighted by atomic mass is 32.2. The number of thioether (sulfide) groups is 1. The van der Waals surface area contributed by atoms with Gasteiger partial charge >= 0.3 is 0 Å². The number of rotatable bonds is 2. The number of anilines is 1. The molecule has 0 aromatic heterocycles. The highest BCUT2D eigenvalue weighted by molar-refractivity contribution is 8.27. The summed E-state index contributed by atoms with van der Waals surface area (Å²) in [6, 6.07) is 24.3.